The summed E-state index contributed by atoms with van der Waals surface area (Å²) in [5.74, 6) is -1.73. The maximum atomic E-state index is 13.8. The van der Waals surface area contributed by atoms with E-state index in [2.05, 4.69) is 10.3 Å². The molecule has 0 radical (unpaired) electrons. The highest BCUT2D eigenvalue weighted by atomic mass is 127. The topological polar surface area (TPSA) is 82.2 Å². The average Bonchev–Trinajstić information content (AvgIpc) is 2.37. The predicted octanol–water partition coefficient (Wildman–Crippen LogP) is 2.87. The van der Waals surface area contributed by atoms with Crippen LogP contribution in [0.25, 0.3) is 0 Å². The SMILES string of the molecule is Cc1c(Nc2ccc(I)cc2F)c(C(=O)O)c[nH]c1=O. The van der Waals surface area contributed by atoms with E-state index in [9.17, 15) is 14.0 Å². The lowest BCUT2D eigenvalue weighted by molar-refractivity contribution is 0.0697. The summed E-state index contributed by atoms with van der Waals surface area (Å²) in [6.07, 6.45) is 1.09. The number of H-pyrrole nitrogens is 1. The molecule has 20 heavy (non-hydrogen) atoms. The number of aromatic carboxylic acids is 1. The second-order valence-electron chi connectivity index (χ2n) is 4.09. The monoisotopic (exact) mass is 388 g/mol. The maximum Gasteiger partial charge on any atom is 0.339 e. The minimum Gasteiger partial charge on any atom is -0.478 e. The first kappa shape index (κ1) is 14.5. The molecule has 0 aliphatic rings. The molecule has 0 spiro atoms. The summed E-state index contributed by atoms with van der Waals surface area (Å²) in [7, 11) is 0. The van der Waals surface area contributed by atoms with E-state index in [0.717, 1.165) is 6.20 Å². The van der Waals surface area contributed by atoms with Gasteiger partial charge in [-0.3, -0.25) is 4.79 Å². The number of halogens is 2. The van der Waals surface area contributed by atoms with E-state index in [4.69, 9.17) is 5.11 Å². The molecule has 0 aliphatic heterocycles. The Morgan fingerprint density at radius 1 is 1.45 bits per heavy atom. The van der Waals surface area contributed by atoms with Crippen molar-refractivity contribution in [3.63, 3.8) is 0 Å². The largest absolute Gasteiger partial charge is 0.478 e. The molecule has 0 bridgehead atoms. The number of pyridine rings is 1. The minimum absolute atomic E-state index is 0.0846. The fourth-order valence-electron chi connectivity index (χ4n) is 1.69. The van der Waals surface area contributed by atoms with Gasteiger partial charge in [0, 0.05) is 15.3 Å². The van der Waals surface area contributed by atoms with Gasteiger partial charge in [0.25, 0.3) is 5.56 Å². The molecule has 104 valence electrons. The van der Waals surface area contributed by atoms with Crippen LogP contribution in [0.1, 0.15) is 15.9 Å². The molecule has 7 heteroatoms. The van der Waals surface area contributed by atoms with Crippen molar-refractivity contribution in [2.75, 3.05) is 5.32 Å². The summed E-state index contributed by atoms with van der Waals surface area (Å²) in [5, 5.41) is 11.8. The van der Waals surface area contributed by atoms with Crippen LogP contribution in [0.2, 0.25) is 0 Å². The van der Waals surface area contributed by atoms with E-state index in [0.29, 0.717) is 3.57 Å². The number of nitrogens with one attached hydrogen (secondary N) is 2. The summed E-state index contributed by atoms with van der Waals surface area (Å²) in [4.78, 5) is 25.0. The molecule has 2 aromatic rings. The number of benzene rings is 1. The number of rotatable bonds is 3. The van der Waals surface area contributed by atoms with Gasteiger partial charge in [0.1, 0.15) is 5.82 Å². The zero-order valence-electron chi connectivity index (χ0n) is 10.3. The first-order chi connectivity index (χ1) is 9.40. The molecule has 0 fully saturated rings. The highest BCUT2D eigenvalue weighted by molar-refractivity contribution is 14.1. The number of hydrogen-bond acceptors (Lipinski definition) is 3. The molecule has 0 atom stereocenters. The Kier molecular flexibility index (Phi) is 4.07. The molecule has 0 unspecified atom stereocenters. The van der Waals surface area contributed by atoms with Crippen LogP contribution >= 0.6 is 22.6 Å². The third-order valence-corrected chi connectivity index (χ3v) is 3.42. The second-order valence-corrected chi connectivity index (χ2v) is 5.33. The van der Waals surface area contributed by atoms with Crippen LogP contribution in [0, 0.1) is 16.3 Å². The number of carbonyl (C=O) groups is 1. The molecule has 5 nitrogen and oxygen atoms in total. The van der Waals surface area contributed by atoms with E-state index in [1.165, 1.54) is 19.1 Å². The Morgan fingerprint density at radius 2 is 2.15 bits per heavy atom. The fourth-order valence-corrected chi connectivity index (χ4v) is 2.14. The van der Waals surface area contributed by atoms with Crippen LogP contribution in [0.15, 0.2) is 29.2 Å². The van der Waals surface area contributed by atoms with Crippen molar-refractivity contribution < 1.29 is 14.3 Å². The lowest BCUT2D eigenvalue weighted by Gasteiger charge is -2.12. The van der Waals surface area contributed by atoms with E-state index in [1.54, 1.807) is 6.07 Å². The van der Waals surface area contributed by atoms with Crippen molar-refractivity contribution in [1.82, 2.24) is 4.98 Å². The van der Waals surface area contributed by atoms with Gasteiger partial charge in [0.15, 0.2) is 0 Å². The third kappa shape index (κ3) is 2.82. The van der Waals surface area contributed by atoms with E-state index < -0.39 is 17.3 Å². The van der Waals surface area contributed by atoms with Crippen molar-refractivity contribution in [1.29, 1.82) is 0 Å². The Bertz CT molecular complexity index is 743. The molecule has 2 rings (SSSR count). The highest BCUT2D eigenvalue weighted by Gasteiger charge is 2.16. The smallest absolute Gasteiger partial charge is 0.339 e. The van der Waals surface area contributed by atoms with Gasteiger partial charge in [-0.05, 0) is 47.7 Å². The maximum absolute atomic E-state index is 13.8. The Hall–Kier alpha value is -1.90. The first-order valence-electron chi connectivity index (χ1n) is 5.58. The summed E-state index contributed by atoms with van der Waals surface area (Å²) < 4.78 is 14.5. The number of carboxylic acid groups (broad SMARTS) is 1. The molecule has 1 aromatic heterocycles. The van der Waals surface area contributed by atoms with Gasteiger partial charge in [-0.1, -0.05) is 0 Å². The van der Waals surface area contributed by atoms with E-state index in [-0.39, 0.29) is 22.5 Å². The summed E-state index contributed by atoms with van der Waals surface area (Å²) >= 11 is 1.97. The number of carboxylic acids is 1. The van der Waals surface area contributed by atoms with Gasteiger partial charge in [-0.15, -0.1) is 0 Å². The van der Waals surface area contributed by atoms with Crippen LogP contribution in [0.3, 0.4) is 0 Å². The Balaban J connectivity index is 2.55. The van der Waals surface area contributed by atoms with Crippen molar-refractivity contribution in [2.24, 2.45) is 0 Å². The molecule has 1 heterocycles. The van der Waals surface area contributed by atoms with Crippen LogP contribution < -0.4 is 10.9 Å². The van der Waals surface area contributed by atoms with Gasteiger partial charge in [-0.25, -0.2) is 9.18 Å². The average molecular weight is 388 g/mol. The predicted molar refractivity (Wildman–Crippen MR) is 81.2 cm³/mol. The van der Waals surface area contributed by atoms with Crippen molar-refractivity contribution in [3.8, 4) is 0 Å². The Labute approximate surface area is 127 Å². The molecule has 0 aliphatic carbocycles. The lowest BCUT2D eigenvalue weighted by Crippen LogP contribution is -2.16. The highest BCUT2D eigenvalue weighted by Crippen LogP contribution is 2.25. The summed E-state index contributed by atoms with van der Waals surface area (Å²) in [6, 6.07) is 4.48. The van der Waals surface area contributed by atoms with Crippen LogP contribution in [0.4, 0.5) is 15.8 Å². The number of hydrogen-bond donors (Lipinski definition) is 3. The summed E-state index contributed by atoms with van der Waals surface area (Å²) in [6.45, 7) is 1.47. The van der Waals surface area contributed by atoms with Crippen molar-refractivity contribution in [2.45, 2.75) is 6.92 Å². The van der Waals surface area contributed by atoms with Crippen LogP contribution in [-0.4, -0.2) is 16.1 Å². The lowest BCUT2D eigenvalue weighted by atomic mass is 10.1. The fraction of sp³-hybridized carbons (Fsp3) is 0.0769. The van der Waals surface area contributed by atoms with Gasteiger partial charge < -0.3 is 15.4 Å². The van der Waals surface area contributed by atoms with Crippen molar-refractivity contribution >= 4 is 39.9 Å². The number of aromatic amines is 1. The molecule has 0 amide bonds. The van der Waals surface area contributed by atoms with Gasteiger partial charge in [0.05, 0.1) is 16.9 Å². The zero-order chi connectivity index (χ0) is 14.9. The second kappa shape index (κ2) is 5.61. The minimum atomic E-state index is -1.21. The molecule has 0 saturated heterocycles. The third-order valence-electron chi connectivity index (χ3n) is 2.75. The first-order valence-corrected chi connectivity index (χ1v) is 6.65. The Morgan fingerprint density at radius 3 is 2.75 bits per heavy atom. The normalized spacial score (nSPS) is 10.3. The van der Waals surface area contributed by atoms with Gasteiger partial charge >= 0.3 is 5.97 Å². The van der Waals surface area contributed by atoms with Gasteiger partial charge in [-0.2, -0.15) is 0 Å². The van der Waals surface area contributed by atoms with E-state index in [1.807, 2.05) is 22.6 Å². The number of anilines is 2. The quantitative estimate of drug-likeness (QED) is 0.707. The molecular weight excluding hydrogens is 378 g/mol. The zero-order valence-corrected chi connectivity index (χ0v) is 12.5. The standard InChI is InChI=1S/C13H10FIN2O3/c1-6-11(8(13(19)20)5-16-12(6)18)17-10-3-2-7(15)4-9(10)14/h2-5H,1H3,(H,19,20)(H2,16,17,18). The molecule has 1 aromatic carbocycles. The summed E-state index contributed by atoms with van der Waals surface area (Å²) in [5.41, 5.74) is -0.172. The molecular formula is C13H10FIN2O3. The van der Waals surface area contributed by atoms with E-state index >= 15 is 0 Å². The molecule has 3 N–H and O–H groups in total. The van der Waals surface area contributed by atoms with Crippen molar-refractivity contribution in [3.05, 3.63) is 55.3 Å². The number of aromatic nitrogens is 1. The van der Waals surface area contributed by atoms with Crippen LogP contribution in [-0.2, 0) is 0 Å². The molecule has 0 saturated carbocycles. The van der Waals surface area contributed by atoms with Gasteiger partial charge in [0.2, 0.25) is 0 Å². The van der Waals surface area contributed by atoms with Crippen LogP contribution in [0.5, 0.6) is 0 Å².